The van der Waals surface area contributed by atoms with E-state index in [0.717, 1.165) is 16.7 Å². The second-order valence-corrected chi connectivity index (χ2v) is 9.00. The fraction of sp³-hybridized carbons (Fsp3) is 0.276. The number of aliphatic hydroxyl groups excluding tert-OH is 1. The van der Waals surface area contributed by atoms with Crippen LogP contribution in [0, 0.1) is 20.8 Å². The molecule has 1 aliphatic heterocycles. The van der Waals surface area contributed by atoms with Crippen LogP contribution in [0.25, 0.3) is 0 Å². The summed E-state index contributed by atoms with van der Waals surface area (Å²) in [6.07, 6.45) is -5.25. The molecule has 0 bridgehead atoms. The molecular weight excluding hydrogens is 476 g/mol. The van der Waals surface area contributed by atoms with Gasteiger partial charge >= 0.3 is 17.9 Å². The normalized spacial score (nSPS) is 20.8. The molecule has 1 fully saturated rings. The maximum Gasteiger partial charge on any atom is 0.338 e. The predicted molar refractivity (Wildman–Crippen MR) is 133 cm³/mol. The summed E-state index contributed by atoms with van der Waals surface area (Å²) in [7, 11) is 0. The molecule has 0 spiro atoms. The highest BCUT2D eigenvalue weighted by Crippen LogP contribution is 2.28. The van der Waals surface area contributed by atoms with Crippen molar-refractivity contribution < 1.29 is 38.4 Å². The molecule has 2 unspecified atom stereocenters. The van der Waals surface area contributed by atoms with Crippen LogP contribution in [0.4, 0.5) is 0 Å². The van der Waals surface area contributed by atoms with Gasteiger partial charge < -0.3 is 24.1 Å². The number of hydrogen-bond acceptors (Lipinski definition) is 8. The molecule has 4 rings (SSSR count). The lowest BCUT2D eigenvalue weighted by molar-refractivity contribution is -0.135. The minimum absolute atomic E-state index is 0.260. The lowest BCUT2D eigenvalue weighted by Gasteiger charge is -2.23. The molecule has 0 amide bonds. The van der Waals surface area contributed by atoms with Crippen molar-refractivity contribution in [3.05, 3.63) is 106 Å². The van der Waals surface area contributed by atoms with Gasteiger partial charge in [-0.05, 0) is 57.2 Å². The van der Waals surface area contributed by atoms with Gasteiger partial charge in [-0.2, -0.15) is 0 Å². The van der Waals surface area contributed by atoms with Crippen molar-refractivity contribution in [1.29, 1.82) is 0 Å². The van der Waals surface area contributed by atoms with Gasteiger partial charge in [0.25, 0.3) is 0 Å². The number of benzene rings is 3. The fourth-order valence-corrected chi connectivity index (χ4v) is 3.80. The van der Waals surface area contributed by atoms with E-state index in [4.69, 9.17) is 18.9 Å². The van der Waals surface area contributed by atoms with Gasteiger partial charge in [-0.1, -0.05) is 53.1 Å². The molecular formula is C29H28O8. The second-order valence-electron chi connectivity index (χ2n) is 9.00. The third kappa shape index (κ3) is 6.41. The van der Waals surface area contributed by atoms with E-state index in [1.54, 1.807) is 72.8 Å². The van der Waals surface area contributed by atoms with Crippen molar-refractivity contribution in [2.45, 2.75) is 45.4 Å². The van der Waals surface area contributed by atoms with E-state index in [1.807, 2.05) is 20.8 Å². The first-order valence-corrected chi connectivity index (χ1v) is 11.8. The van der Waals surface area contributed by atoms with E-state index in [0.29, 0.717) is 5.56 Å². The minimum Gasteiger partial charge on any atom is -0.459 e. The van der Waals surface area contributed by atoms with Gasteiger partial charge in [-0.3, -0.25) is 0 Å². The third-order valence-electron chi connectivity index (χ3n) is 6.01. The summed E-state index contributed by atoms with van der Waals surface area (Å²) in [5.74, 6) is -2.03. The van der Waals surface area contributed by atoms with E-state index in [-0.39, 0.29) is 17.7 Å². The lowest BCUT2D eigenvalue weighted by atomic mass is 10.1. The van der Waals surface area contributed by atoms with E-state index >= 15 is 0 Å². The van der Waals surface area contributed by atoms with Crippen LogP contribution in [0.1, 0.15) is 47.8 Å². The average Bonchev–Trinajstić information content (AvgIpc) is 3.17. The molecule has 37 heavy (non-hydrogen) atoms. The first-order valence-electron chi connectivity index (χ1n) is 11.8. The van der Waals surface area contributed by atoms with Crippen LogP contribution in [0.5, 0.6) is 0 Å². The van der Waals surface area contributed by atoms with Crippen molar-refractivity contribution in [3.63, 3.8) is 0 Å². The van der Waals surface area contributed by atoms with Crippen LogP contribution in [0.3, 0.4) is 0 Å². The highest BCUT2D eigenvalue weighted by atomic mass is 16.7. The Kier molecular flexibility index (Phi) is 8.01. The van der Waals surface area contributed by atoms with Crippen molar-refractivity contribution >= 4 is 17.9 Å². The number of aliphatic hydroxyl groups is 1. The number of aryl methyl sites for hydroxylation is 3. The number of esters is 3. The highest BCUT2D eigenvalue weighted by Gasteiger charge is 2.50. The molecule has 192 valence electrons. The molecule has 1 saturated heterocycles. The Balaban J connectivity index is 1.52. The molecule has 4 atom stereocenters. The molecule has 1 heterocycles. The van der Waals surface area contributed by atoms with Crippen LogP contribution >= 0.6 is 0 Å². The van der Waals surface area contributed by atoms with Crippen molar-refractivity contribution in [3.8, 4) is 0 Å². The molecule has 3 aromatic rings. The summed E-state index contributed by atoms with van der Waals surface area (Å²) in [4.78, 5) is 38.2. The number of hydrogen-bond donors (Lipinski definition) is 1. The lowest BCUT2D eigenvalue weighted by Crippen LogP contribution is -2.42. The summed E-state index contributed by atoms with van der Waals surface area (Å²) >= 11 is 0. The number of carbonyl (C=O) groups excluding carboxylic acids is 3. The van der Waals surface area contributed by atoms with E-state index in [1.165, 1.54) is 0 Å². The quantitative estimate of drug-likeness (QED) is 0.381. The zero-order valence-corrected chi connectivity index (χ0v) is 20.7. The van der Waals surface area contributed by atoms with Gasteiger partial charge in [0.1, 0.15) is 12.7 Å². The molecule has 0 saturated carbocycles. The Bertz CT molecular complexity index is 1250. The fourth-order valence-electron chi connectivity index (χ4n) is 3.80. The van der Waals surface area contributed by atoms with Gasteiger partial charge in [-0.15, -0.1) is 0 Å². The Labute approximate surface area is 214 Å². The van der Waals surface area contributed by atoms with Gasteiger partial charge in [0.15, 0.2) is 18.5 Å². The van der Waals surface area contributed by atoms with E-state index < -0.39 is 42.5 Å². The summed E-state index contributed by atoms with van der Waals surface area (Å²) < 4.78 is 22.1. The Hall–Kier alpha value is -4.01. The van der Waals surface area contributed by atoms with Crippen LogP contribution in [0.2, 0.25) is 0 Å². The zero-order valence-electron chi connectivity index (χ0n) is 20.7. The molecule has 0 aromatic heterocycles. The SMILES string of the molecule is Cc1ccc(C(=O)OCC2OC(O)[C@H](OC(=O)c3ccc(C)cc3)[C@@H]2OC(=O)c2ccc(C)cc2)cc1. The molecule has 8 heteroatoms. The first kappa shape index (κ1) is 26.1. The van der Waals surface area contributed by atoms with Crippen LogP contribution in [-0.2, 0) is 18.9 Å². The predicted octanol–water partition coefficient (Wildman–Crippen LogP) is 3.94. The average molecular weight is 505 g/mol. The van der Waals surface area contributed by atoms with Gasteiger partial charge in [-0.25, -0.2) is 14.4 Å². The minimum atomic E-state index is -1.60. The molecule has 1 aliphatic rings. The smallest absolute Gasteiger partial charge is 0.338 e. The van der Waals surface area contributed by atoms with Crippen LogP contribution in [-0.4, -0.2) is 54.2 Å². The molecule has 1 N–H and O–H groups in total. The Morgan fingerprint density at radius 1 is 0.649 bits per heavy atom. The summed E-state index contributed by atoms with van der Waals surface area (Å²) in [6, 6.07) is 20.2. The van der Waals surface area contributed by atoms with Gasteiger partial charge in [0, 0.05) is 0 Å². The summed E-state index contributed by atoms with van der Waals surface area (Å²) in [5, 5.41) is 10.6. The second kappa shape index (κ2) is 11.4. The standard InChI is InChI=1S/C29H28O8/c1-17-4-10-20(11-5-17)26(30)34-16-23-24(36-27(31)21-12-6-18(2)7-13-21)25(29(33)35-23)37-28(32)22-14-8-19(3)9-15-22/h4-15,23-25,29,33H,16H2,1-3H3/t23?,24-,25-,29?/m1/s1. The zero-order chi connectivity index (χ0) is 26.5. The number of rotatable bonds is 7. The van der Waals surface area contributed by atoms with Crippen molar-refractivity contribution in [1.82, 2.24) is 0 Å². The summed E-state index contributed by atoms with van der Waals surface area (Å²) in [5.41, 5.74) is 3.77. The maximum absolute atomic E-state index is 12.9. The number of ether oxygens (including phenoxy) is 4. The highest BCUT2D eigenvalue weighted by molar-refractivity contribution is 5.91. The molecule has 0 radical (unpaired) electrons. The van der Waals surface area contributed by atoms with E-state index in [2.05, 4.69) is 0 Å². The third-order valence-corrected chi connectivity index (χ3v) is 6.01. The Morgan fingerprint density at radius 2 is 1.03 bits per heavy atom. The summed E-state index contributed by atoms with van der Waals surface area (Å²) in [6.45, 7) is 5.32. The molecule has 3 aromatic carbocycles. The largest absolute Gasteiger partial charge is 0.459 e. The van der Waals surface area contributed by atoms with Crippen LogP contribution < -0.4 is 0 Å². The maximum atomic E-state index is 12.9. The van der Waals surface area contributed by atoms with Gasteiger partial charge in [0.05, 0.1) is 16.7 Å². The molecule has 8 nitrogen and oxygen atoms in total. The van der Waals surface area contributed by atoms with Crippen LogP contribution in [0.15, 0.2) is 72.8 Å². The number of carbonyl (C=O) groups is 3. The first-order chi connectivity index (χ1) is 17.7. The Morgan fingerprint density at radius 3 is 1.46 bits per heavy atom. The van der Waals surface area contributed by atoms with E-state index in [9.17, 15) is 19.5 Å². The monoisotopic (exact) mass is 504 g/mol. The van der Waals surface area contributed by atoms with Crippen molar-refractivity contribution in [2.75, 3.05) is 6.61 Å². The van der Waals surface area contributed by atoms with Crippen molar-refractivity contribution in [2.24, 2.45) is 0 Å². The van der Waals surface area contributed by atoms with Gasteiger partial charge in [0.2, 0.25) is 0 Å². The topological polar surface area (TPSA) is 108 Å². The molecule has 0 aliphatic carbocycles.